The van der Waals surface area contributed by atoms with E-state index < -0.39 is 17.5 Å². The molecule has 1 aromatic heterocycles. The first-order valence-electron chi connectivity index (χ1n) is 6.69. The Labute approximate surface area is 131 Å². The highest BCUT2D eigenvalue weighted by atomic mass is 16.5. The molecule has 2 N–H and O–H groups in total. The lowest BCUT2D eigenvalue weighted by atomic mass is 10.0. The number of hydrogen-bond donors (Lipinski definition) is 2. The van der Waals surface area contributed by atoms with Crippen LogP contribution >= 0.6 is 0 Å². The average molecular weight is 317 g/mol. The second kappa shape index (κ2) is 6.78. The minimum atomic E-state index is -0.561. The van der Waals surface area contributed by atoms with Gasteiger partial charge in [-0.15, -0.1) is 0 Å². The lowest BCUT2D eigenvalue weighted by Gasteiger charge is -2.08. The van der Waals surface area contributed by atoms with E-state index in [1.807, 2.05) is 0 Å². The number of aromatic nitrogens is 1. The molecule has 0 amide bonds. The number of methoxy groups -OCH3 is 1. The number of esters is 2. The SMILES string of the molecule is COC(=O)c1cccc(-c2c(O)cc(COC(C)=O)[nH]c2=O)c1. The minimum Gasteiger partial charge on any atom is -0.507 e. The third kappa shape index (κ3) is 3.76. The number of carbonyl (C=O) groups is 2. The lowest BCUT2D eigenvalue weighted by Crippen LogP contribution is -2.13. The van der Waals surface area contributed by atoms with Gasteiger partial charge in [-0.3, -0.25) is 9.59 Å². The maximum atomic E-state index is 12.2. The van der Waals surface area contributed by atoms with Crippen molar-refractivity contribution in [1.29, 1.82) is 0 Å². The summed E-state index contributed by atoms with van der Waals surface area (Å²) in [4.78, 5) is 37.0. The van der Waals surface area contributed by atoms with E-state index in [-0.39, 0.29) is 29.2 Å². The van der Waals surface area contributed by atoms with Crippen molar-refractivity contribution < 1.29 is 24.2 Å². The van der Waals surface area contributed by atoms with Gasteiger partial charge in [-0.25, -0.2) is 4.79 Å². The third-order valence-corrected chi connectivity index (χ3v) is 3.07. The Balaban J connectivity index is 2.42. The van der Waals surface area contributed by atoms with Gasteiger partial charge in [0.1, 0.15) is 12.4 Å². The van der Waals surface area contributed by atoms with Crippen molar-refractivity contribution in [2.24, 2.45) is 0 Å². The summed E-state index contributed by atoms with van der Waals surface area (Å²) in [6.45, 7) is 1.09. The zero-order valence-corrected chi connectivity index (χ0v) is 12.6. The summed E-state index contributed by atoms with van der Waals surface area (Å²) in [5.74, 6) is -1.33. The Bertz CT molecular complexity index is 808. The topological polar surface area (TPSA) is 106 Å². The van der Waals surface area contributed by atoms with E-state index in [2.05, 4.69) is 9.72 Å². The molecule has 7 nitrogen and oxygen atoms in total. The zero-order valence-electron chi connectivity index (χ0n) is 12.6. The van der Waals surface area contributed by atoms with Crippen molar-refractivity contribution in [2.75, 3.05) is 7.11 Å². The molecule has 2 aromatic rings. The van der Waals surface area contributed by atoms with Crippen molar-refractivity contribution in [2.45, 2.75) is 13.5 Å². The number of H-pyrrole nitrogens is 1. The molecule has 0 bridgehead atoms. The summed E-state index contributed by atoms with van der Waals surface area (Å²) < 4.78 is 9.39. The predicted octanol–water partition coefficient (Wildman–Crippen LogP) is 1.60. The fourth-order valence-electron chi connectivity index (χ4n) is 2.05. The van der Waals surface area contributed by atoms with Crippen LogP contribution < -0.4 is 5.56 Å². The van der Waals surface area contributed by atoms with Gasteiger partial charge in [-0.1, -0.05) is 12.1 Å². The number of pyridine rings is 1. The fourth-order valence-corrected chi connectivity index (χ4v) is 2.05. The van der Waals surface area contributed by atoms with Crippen LogP contribution in [0.5, 0.6) is 5.75 Å². The van der Waals surface area contributed by atoms with Crippen molar-refractivity contribution in [1.82, 2.24) is 4.98 Å². The minimum absolute atomic E-state index is 0.0160. The largest absolute Gasteiger partial charge is 0.507 e. The molecule has 1 heterocycles. The molecule has 7 heteroatoms. The van der Waals surface area contributed by atoms with Gasteiger partial charge in [0.25, 0.3) is 5.56 Å². The molecule has 0 spiro atoms. The van der Waals surface area contributed by atoms with E-state index in [0.717, 1.165) is 0 Å². The molecule has 0 aliphatic carbocycles. The highest BCUT2D eigenvalue weighted by molar-refractivity contribution is 5.91. The van der Waals surface area contributed by atoms with E-state index in [9.17, 15) is 19.5 Å². The molecule has 0 aliphatic rings. The molecule has 120 valence electrons. The van der Waals surface area contributed by atoms with Crippen molar-refractivity contribution in [3.05, 3.63) is 51.9 Å². The highest BCUT2D eigenvalue weighted by Gasteiger charge is 2.14. The Kier molecular flexibility index (Phi) is 4.80. The van der Waals surface area contributed by atoms with Crippen LogP contribution in [0.2, 0.25) is 0 Å². The second-order valence-corrected chi connectivity index (χ2v) is 4.74. The first kappa shape index (κ1) is 16.3. The smallest absolute Gasteiger partial charge is 0.337 e. The summed E-state index contributed by atoms with van der Waals surface area (Å²) in [6, 6.07) is 7.44. The molecule has 0 saturated heterocycles. The van der Waals surface area contributed by atoms with Crippen LogP contribution in [0.3, 0.4) is 0 Å². The number of ether oxygens (including phenoxy) is 2. The second-order valence-electron chi connectivity index (χ2n) is 4.74. The number of aromatic hydroxyl groups is 1. The number of benzene rings is 1. The Morgan fingerprint density at radius 3 is 2.61 bits per heavy atom. The van der Waals surface area contributed by atoms with Gasteiger partial charge in [0.2, 0.25) is 0 Å². The summed E-state index contributed by atoms with van der Waals surface area (Å²) in [5, 5.41) is 10.1. The molecule has 0 fully saturated rings. The standard InChI is InChI=1S/C16H15NO6/c1-9(18)23-8-12-7-13(19)14(15(20)17-12)10-4-3-5-11(6-10)16(21)22-2/h3-7H,8H2,1-2H3,(H2,17,19,20). The molecule has 0 unspecified atom stereocenters. The van der Waals surface area contributed by atoms with Crippen LogP contribution in [0.1, 0.15) is 23.0 Å². The first-order valence-corrected chi connectivity index (χ1v) is 6.69. The summed E-state index contributed by atoms with van der Waals surface area (Å²) in [7, 11) is 1.25. The molecule has 0 atom stereocenters. The molecule has 0 saturated carbocycles. The molecular weight excluding hydrogens is 302 g/mol. The van der Waals surface area contributed by atoms with Crippen LogP contribution in [0, 0.1) is 0 Å². The van der Waals surface area contributed by atoms with Crippen LogP contribution in [-0.4, -0.2) is 29.1 Å². The lowest BCUT2D eigenvalue weighted by molar-refractivity contribution is -0.142. The summed E-state index contributed by atoms with van der Waals surface area (Å²) >= 11 is 0. The van der Waals surface area contributed by atoms with E-state index in [1.165, 1.54) is 32.2 Å². The number of carbonyl (C=O) groups excluding carboxylic acids is 2. The normalized spacial score (nSPS) is 10.2. The van der Waals surface area contributed by atoms with Gasteiger partial charge in [0, 0.05) is 13.0 Å². The van der Waals surface area contributed by atoms with Crippen LogP contribution in [-0.2, 0) is 20.9 Å². The molecule has 1 aromatic carbocycles. The van der Waals surface area contributed by atoms with Gasteiger partial charge >= 0.3 is 11.9 Å². The summed E-state index contributed by atoms with van der Waals surface area (Å²) in [5.41, 5.74) is 0.338. The monoisotopic (exact) mass is 317 g/mol. The molecule has 2 rings (SSSR count). The van der Waals surface area contributed by atoms with Gasteiger partial charge < -0.3 is 19.6 Å². The van der Waals surface area contributed by atoms with Crippen molar-refractivity contribution >= 4 is 11.9 Å². The van der Waals surface area contributed by atoms with Gasteiger partial charge in [0.15, 0.2) is 0 Å². The van der Waals surface area contributed by atoms with Crippen LogP contribution in [0.4, 0.5) is 0 Å². The van der Waals surface area contributed by atoms with E-state index in [4.69, 9.17) is 4.74 Å². The Morgan fingerprint density at radius 2 is 2.00 bits per heavy atom. The van der Waals surface area contributed by atoms with Gasteiger partial charge in [0.05, 0.1) is 23.9 Å². The Morgan fingerprint density at radius 1 is 1.26 bits per heavy atom. The van der Waals surface area contributed by atoms with E-state index in [0.29, 0.717) is 5.56 Å². The van der Waals surface area contributed by atoms with Gasteiger partial charge in [-0.05, 0) is 17.7 Å². The van der Waals surface area contributed by atoms with Gasteiger partial charge in [-0.2, -0.15) is 0 Å². The molecule has 0 radical (unpaired) electrons. The molecular formula is C16H15NO6. The quantitative estimate of drug-likeness (QED) is 0.830. The van der Waals surface area contributed by atoms with Crippen molar-refractivity contribution in [3.8, 4) is 16.9 Å². The predicted molar refractivity (Wildman–Crippen MR) is 81.0 cm³/mol. The first-order chi connectivity index (χ1) is 10.9. The highest BCUT2D eigenvalue weighted by Crippen LogP contribution is 2.26. The Hall–Kier alpha value is -3.09. The summed E-state index contributed by atoms with van der Waals surface area (Å²) in [6.07, 6.45) is 0. The van der Waals surface area contributed by atoms with Crippen molar-refractivity contribution in [3.63, 3.8) is 0 Å². The molecule has 0 aliphatic heterocycles. The van der Waals surface area contributed by atoms with Crippen LogP contribution in [0.15, 0.2) is 35.1 Å². The number of nitrogens with one attached hydrogen (secondary N) is 1. The maximum absolute atomic E-state index is 12.2. The van der Waals surface area contributed by atoms with Crippen LogP contribution in [0.25, 0.3) is 11.1 Å². The average Bonchev–Trinajstić information content (AvgIpc) is 2.52. The zero-order chi connectivity index (χ0) is 17.0. The number of rotatable bonds is 4. The third-order valence-electron chi connectivity index (χ3n) is 3.07. The maximum Gasteiger partial charge on any atom is 0.337 e. The van der Waals surface area contributed by atoms with E-state index >= 15 is 0 Å². The fraction of sp³-hybridized carbons (Fsp3) is 0.188. The number of aromatic amines is 1. The molecule has 23 heavy (non-hydrogen) atoms. The number of hydrogen-bond acceptors (Lipinski definition) is 6. The van der Waals surface area contributed by atoms with E-state index in [1.54, 1.807) is 12.1 Å².